The Morgan fingerprint density at radius 1 is 1.37 bits per heavy atom. The van der Waals surface area contributed by atoms with Crippen LogP contribution in [-0.2, 0) is 19.4 Å². The molecule has 0 aliphatic carbocycles. The van der Waals surface area contributed by atoms with Crippen molar-refractivity contribution in [3.8, 4) is 0 Å². The number of sulfone groups is 1. The summed E-state index contributed by atoms with van der Waals surface area (Å²) in [6, 6.07) is 4.93. The molecule has 8 nitrogen and oxygen atoms in total. The Kier molecular flexibility index (Phi) is 6.92. The largest absolute Gasteiger partial charge is 0.383 e. The van der Waals surface area contributed by atoms with Gasteiger partial charge in [-0.15, -0.1) is 0 Å². The van der Waals surface area contributed by atoms with E-state index in [4.69, 9.17) is 4.74 Å². The zero-order chi connectivity index (χ0) is 21.9. The first kappa shape index (κ1) is 22.4. The van der Waals surface area contributed by atoms with Crippen LogP contribution in [0.4, 0.5) is 5.95 Å². The quantitative estimate of drug-likeness (QED) is 0.712. The second-order valence-electron chi connectivity index (χ2n) is 7.91. The van der Waals surface area contributed by atoms with Crippen LogP contribution in [0.5, 0.6) is 0 Å². The number of nitrogens with zero attached hydrogens (tertiary/aromatic N) is 3. The molecule has 1 aromatic carbocycles. The average molecular weight is 435 g/mol. The molecule has 1 aliphatic heterocycles. The van der Waals surface area contributed by atoms with E-state index in [1.54, 1.807) is 25.3 Å². The number of nitrogens with one attached hydrogen (secondary N) is 1. The molecule has 0 unspecified atom stereocenters. The summed E-state index contributed by atoms with van der Waals surface area (Å²) >= 11 is 0. The fourth-order valence-electron chi connectivity index (χ4n) is 3.78. The lowest BCUT2D eigenvalue weighted by Gasteiger charge is -2.33. The van der Waals surface area contributed by atoms with E-state index in [0.29, 0.717) is 24.6 Å². The summed E-state index contributed by atoms with van der Waals surface area (Å²) in [5, 5.41) is 3.90. The first-order valence-electron chi connectivity index (χ1n) is 10.3. The molecule has 1 saturated heterocycles. The molecule has 0 saturated carbocycles. The third-order valence-corrected chi connectivity index (χ3v) is 6.67. The molecule has 2 atom stereocenters. The fourth-order valence-corrected chi connectivity index (χ4v) is 4.42. The lowest BCUT2D eigenvalue weighted by Crippen LogP contribution is -2.47. The van der Waals surface area contributed by atoms with E-state index >= 15 is 0 Å². The maximum Gasteiger partial charge on any atom is 0.226 e. The van der Waals surface area contributed by atoms with Crippen molar-refractivity contribution in [2.24, 2.45) is 5.92 Å². The van der Waals surface area contributed by atoms with Crippen LogP contribution in [0.3, 0.4) is 0 Å². The van der Waals surface area contributed by atoms with Crippen LogP contribution >= 0.6 is 0 Å². The normalized spacial score (nSPS) is 18.4. The molecule has 1 aromatic heterocycles. The number of amides is 1. The van der Waals surface area contributed by atoms with E-state index in [9.17, 15) is 13.2 Å². The van der Waals surface area contributed by atoms with Crippen LogP contribution in [0.1, 0.15) is 31.9 Å². The van der Waals surface area contributed by atoms with Gasteiger partial charge in [-0.1, -0.05) is 6.92 Å². The number of aryl methyl sites for hydroxylation is 1. The summed E-state index contributed by atoms with van der Waals surface area (Å²) in [5.41, 5.74) is 1.38. The number of piperidine rings is 1. The fraction of sp³-hybridized carbons (Fsp3) is 0.571. The Balaban J connectivity index is 1.83. The van der Waals surface area contributed by atoms with Gasteiger partial charge in [0.05, 0.1) is 34.7 Å². The van der Waals surface area contributed by atoms with E-state index < -0.39 is 9.84 Å². The molecule has 1 amide bonds. The molecule has 164 valence electrons. The molecule has 3 rings (SSSR count). The average Bonchev–Trinajstić information content (AvgIpc) is 2.72. The second-order valence-corrected chi connectivity index (χ2v) is 9.93. The second kappa shape index (κ2) is 9.26. The number of hydrogen-bond donors (Lipinski definition) is 1. The summed E-state index contributed by atoms with van der Waals surface area (Å²) in [6.07, 6.45) is 3.68. The number of aromatic nitrogens is 2. The van der Waals surface area contributed by atoms with Crippen LogP contribution in [0, 0.1) is 12.8 Å². The molecule has 0 bridgehead atoms. The summed E-state index contributed by atoms with van der Waals surface area (Å²) in [5.74, 6) is 0.416. The molecule has 2 heterocycles. The lowest BCUT2D eigenvalue weighted by molar-refractivity contribution is -0.126. The minimum atomic E-state index is -3.32. The summed E-state index contributed by atoms with van der Waals surface area (Å²) < 4.78 is 29.0. The molecule has 0 spiro atoms. The number of benzene rings is 1. The molecule has 9 heteroatoms. The molecule has 30 heavy (non-hydrogen) atoms. The number of anilines is 1. The van der Waals surface area contributed by atoms with Gasteiger partial charge in [0.25, 0.3) is 0 Å². The highest BCUT2D eigenvalue weighted by molar-refractivity contribution is 7.90. The summed E-state index contributed by atoms with van der Waals surface area (Å²) in [7, 11) is -1.69. The van der Waals surface area contributed by atoms with Crippen molar-refractivity contribution < 1.29 is 17.9 Å². The van der Waals surface area contributed by atoms with Crippen molar-refractivity contribution in [2.45, 2.75) is 44.0 Å². The molecular weight excluding hydrogens is 404 g/mol. The monoisotopic (exact) mass is 434 g/mol. The molecular formula is C21H30N4O4S. The van der Waals surface area contributed by atoms with Crippen LogP contribution < -0.4 is 10.2 Å². The van der Waals surface area contributed by atoms with Crippen LogP contribution in [0.15, 0.2) is 23.1 Å². The van der Waals surface area contributed by atoms with E-state index in [0.717, 1.165) is 36.9 Å². The molecule has 0 radical (unpaired) electrons. The van der Waals surface area contributed by atoms with Crippen LogP contribution in [-0.4, -0.2) is 63.4 Å². The zero-order valence-electron chi connectivity index (χ0n) is 18.0. The topological polar surface area (TPSA) is 101 Å². The van der Waals surface area contributed by atoms with E-state index in [-0.39, 0.29) is 22.8 Å². The maximum absolute atomic E-state index is 12.8. The number of rotatable bonds is 7. The number of ether oxygens (including phenoxy) is 1. The van der Waals surface area contributed by atoms with Crippen molar-refractivity contribution in [1.82, 2.24) is 15.3 Å². The lowest BCUT2D eigenvalue weighted by atomic mass is 9.97. The minimum absolute atomic E-state index is 0.00598. The standard InChI is InChI=1S/C21H30N4O4S/c1-5-16(13-29-3)23-20(26)15-7-6-10-25(12-15)21-22-14(2)18-9-8-17(30(4,27)28)11-19(18)24-21/h8-9,11,15-16H,5-7,10,12-13H2,1-4H3,(H,23,26)/t15-,16+/m0/s1. The first-order chi connectivity index (χ1) is 14.2. The number of fused-ring (bicyclic) bond motifs is 1. The van der Waals surface area contributed by atoms with Crippen molar-refractivity contribution in [3.63, 3.8) is 0 Å². The van der Waals surface area contributed by atoms with Gasteiger partial charge < -0.3 is 15.0 Å². The number of carbonyl (C=O) groups is 1. The van der Waals surface area contributed by atoms with Crippen LogP contribution in [0.25, 0.3) is 10.9 Å². The number of carbonyl (C=O) groups excluding carboxylic acids is 1. The highest BCUT2D eigenvalue weighted by Crippen LogP contribution is 2.25. The van der Waals surface area contributed by atoms with Gasteiger partial charge in [-0.05, 0) is 44.4 Å². The van der Waals surface area contributed by atoms with Gasteiger partial charge in [-0.25, -0.2) is 18.4 Å². The van der Waals surface area contributed by atoms with Gasteiger partial charge in [-0.2, -0.15) is 0 Å². The summed E-state index contributed by atoms with van der Waals surface area (Å²) in [4.78, 5) is 24.3. The van der Waals surface area contributed by atoms with Gasteiger partial charge in [0, 0.05) is 31.8 Å². The summed E-state index contributed by atoms with van der Waals surface area (Å²) in [6.45, 7) is 5.70. The first-order valence-corrected chi connectivity index (χ1v) is 12.1. The van der Waals surface area contributed by atoms with E-state index in [1.807, 2.05) is 18.7 Å². The Labute approximate surface area is 178 Å². The van der Waals surface area contributed by atoms with Gasteiger partial charge in [0.2, 0.25) is 11.9 Å². The molecule has 1 N–H and O–H groups in total. The van der Waals surface area contributed by atoms with Crippen LogP contribution in [0.2, 0.25) is 0 Å². The van der Waals surface area contributed by atoms with Crippen molar-refractivity contribution >= 4 is 32.6 Å². The Bertz CT molecular complexity index is 1030. The van der Waals surface area contributed by atoms with Gasteiger partial charge >= 0.3 is 0 Å². The maximum atomic E-state index is 12.8. The predicted molar refractivity (Wildman–Crippen MR) is 116 cm³/mol. The Hall–Kier alpha value is -2.26. The van der Waals surface area contributed by atoms with Crippen molar-refractivity contribution in [1.29, 1.82) is 0 Å². The van der Waals surface area contributed by atoms with Gasteiger partial charge in [-0.3, -0.25) is 4.79 Å². The zero-order valence-corrected chi connectivity index (χ0v) is 18.8. The van der Waals surface area contributed by atoms with E-state index in [1.165, 1.54) is 6.26 Å². The van der Waals surface area contributed by atoms with E-state index in [2.05, 4.69) is 15.3 Å². The smallest absolute Gasteiger partial charge is 0.226 e. The predicted octanol–water partition coefficient (Wildman–Crippen LogP) is 2.10. The highest BCUT2D eigenvalue weighted by atomic mass is 32.2. The highest BCUT2D eigenvalue weighted by Gasteiger charge is 2.28. The van der Waals surface area contributed by atoms with Crippen molar-refractivity contribution in [2.75, 3.05) is 38.0 Å². The Morgan fingerprint density at radius 3 is 2.80 bits per heavy atom. The molecule has 1 aliphatic rings. The van der Waals surface area contributed by atoms with Gasteiger partial charge in [0.1, 0.15) is 0 Å². The molecule has 1 fully saturated rings. The number of hydrogen-bond acceptors (Lipinski definition) is 7. The molecule has 2 aromatic rings. The Morgan fingerprint density at radius 2 is 2.13 bits per heavy atom. The van der Waals surface area contributed by atoms with Gasteiger partial charge in [0.15, 0.2) is 9.84 Å². The number of methoxy groups -OCH3 is 1. The third kappa shape index (κ3) is 5.07. The van der Waals surface area contributed by atoms with Crippen molar-refractivity contribution in [3.05, 3.63) is 23.9 Å². The SMILES string of the molecule is CC[C@H](COC)NC(=O)[C@H]1CCCN(c2nc(C)c3ccc(S(C)(=O)=O)cc3n2)C1. The third-order valence-electron chi connectivity index (χ3n) is 5.56. The minimum Gasteiger partial charge on any atom is -0.383 e.